The lowest BCUT2D eigenvalue weighted by Crippen LogP contribution is -2.35. The lowest BCUT2D eigenvalue weighted by molar-refractivity contribution is 0.434. The summed E-state index contributed by atoms with van der Waals surface area (Å²) in [5.74, 6) is -0.123. The van der Waals surface area contributed by atoms with Gasteiger partial charge in [-0.3, -0.25) is 0 Å². The van der Waals surface area contributed by atoms with E-state index >= 15 is 0 Å². The molecule has 0 spiro atoms. The molecule has 0 amide bonds. The van der Waals surface area contributed by atoms with Crippen molar-refractivity contribution in [2.45, 2.75) is 38.1 Å². The third kappa shape index (κ3) is 2.01. The van der Waals surface area contributed by atoms with Gasteiger partial charge in [0.05, 0.1) is 0 Å². The number of anilines is 1. The van der Waals surface area contributed by atoms with Crippen LogP contribution in [0.3, 0.4) is 0 Å². The topological polar surface area (TPSA) is 15.3 Å². The van der Waals surface area contributed by atoms with E-state index in [0.29, 0.717) is 0 Å². The minimum atomic E-state index is -0.123. The molecule has 1 N–H and O–H groups in total. The van der Waals surface area contributed by atoms with E-state index in [1.807, 2.05) is 6.07 Å². The smallest absolute Gasteiger partial charge is 0.125 e. The fourth-order valence-electron chi connectivity index (χ4n) is 3.32. The van der Waals surface area contributed by atoms with Gasteiger partial charge < -0.3 is 10.2 Å². The molecule has 0 bridgehead atoms. The first-order chi connectivity index (χ1) is 8.69. The van der Waals surface area contributed by atoms with Crippen LogP contribution in [0.4, 0.5) is 10.1 Å². The average Bonchev–Trinajstić information content (AvgIpc) is 3.00. The van der Waals surface area contributed by atoms with Crippen molar-refractivity contribution in [1.82, 2.24) is 5.32 Å². The summed E-state index contributed by atoms with van der Waals surface area (Å²) < 4.78 is 13.6. The zero-order chi connectivity index (χ0) is 12.6. The summed E-state index contributed by atoms with van der Waals surface area (Å²) in [4.78, 5) is 2.34. The van der Waals surface area contributed by atoms with E-state index in [-0.39, 0.29) is 11.4 Å². The zero-order valence-corrected chi connectivity index (χ0v) is 11.0. The first-order valence-electron chi connectivity index (χ1n) is 6.99. The van der Waals surface area contributed by atoms with Crippen LogP contribution in [0.2, 0.25) is 0 Å². The Morgan fingerprint density at radius 2 is 2.00 bits per heavy atom. The lowest BCUT2D eigenvalue weighted by Gasteiger charge is -2.31. The first kappa shape index (κ1) is 12.0. The van der Waals surface area contributed by atoms with E-state index < -0.39 is 0 Å². The molecule has 0 saturated carbocycles. The van der Waals surface area contributed by atoms with Crippen LogP contribution < -0.4 is 10.2 Å². The molecule has 18 heavy (non-hydrogen) atoms. The molecule has 0 radical (unpaired) electrons. The second-order valence-electron chi connectivity index (χ2n) is 5.72. The third-order valence-corrected chi connectivity index (χ3v) is 4.37. The monoisotopic (exact) mass is 248 g/mol. The van der Waals surface area contributed by atoms with Crippen LogP contribution in [0.25, 0.3) is 0 Å². The number of nitrogens with zero attached hydrogens (tertiary/aromatic N) is 1. The summed E-state index contributed by atoms with van der Waals surface area (Å²) >= 11 is 0. The minimum absolute atomic E-state index is 0.0195. The molecule has 0 aliphatic carbocycles. The van der Waals surface area contributed by atoms with Gasteiger partial charge in [0.25, 0.3) is 0 Å². The Kier molecular flexibility index (Phi) is 3.02. The average molecular weight is 248 g/mol. The summed E-state index contributed by atoms with van der Waals surface area (Å²) in [6.07, 6.45) is 4.78. The standard InChI is InChI=1S/C15H21FN2/c1-15(7-4-8-17-15)13-6-5-12(16)11-14(13)18-9-2-3-10-18/h5-6,11,17H,2-4,7-10H2,1H3. The highest BCUT2D eigenvalue weighted by Crippen LogP contribution is 2.38. The van der Waals surface area contributed by atoms with Crippen LogP contribution in [-0.2, 0) is 5.54 Å². The van der Waals surface area contributed by atoms with Gasteiger partial charge in [-0.05, 0) is 56.8 Å². The minimum Gasteiger partial charge on any atom is -0.371 e. The van der Waals surface area contributed by atoms with Gasteiger partial charge in [0.15, 0.2) is 0 Å². The summed E-state index contributed by atoms with van der Waals surface area (Å²) in [5.41, 5.74) is 2.39. The first-order valence-corrected chi connectivity index (χ1v) is 6.99. The quantitative estimate of drug-likeness (QED) is 0.865. The maximum Gasteiger partial charge on any atom is 0.125 e. The molecule has 2 saturated heterocycles. The molecule has 98 valence electrons. The van der Waals surface area contributed by atoms with Crippen molar-refractivity contribution in [3.63, 3.8) is 0 Å². The predicted molar refractivity (Wildman–Crippen MR) is 72.4 cm³/mol. The van der Waals surface area contributed by atoms with E-state index in [9.17, 15) is 4.39 Å². The number of rotatable bonds is 2. The molecule has 1 aromatic rings. The second-order valence-corrected chi connectivity index (χ2v) is 5.72. The SMILES string of the molecule is CC1(c2ccc(F)cc2N2CCCC2)CCCN1. The maximum atomic E-state index is 13.6. The maximum absolute atomic E-state index is 13.6. The largest absolute Gasteiger partial charge is 0.371 e. The molecule has 2 aliphatic rings. The van der Waals surface area contributed by atoms with E-state index in [2.05, 4.69) is 17.1 Å². The third-order valence-electron chi connectivity index (χ3n) is 4.37. The lowest BCUT2D eigenvalue weighted by atomic mass is 9.88. The van der Waals surface area contributed by atoms with Gasteiger partial charge >= 0.3 is 0 Å². The number of hydrogen-bond donors (Lipinski definition) is 1. The summed E-state index contributed by atoms with van der Waals surface area (Å²) in [5, 5.41) is 3.58. The highest BCUT2D eigenvalue weighted by molar-refractivity contribution is 5.57. The van der Waals surface area contributed by atoms with Gasteiger partial charge in [0, 0.05) is 24.3 Å². The van der Waals surface area contributed by atoms with Crippen LogP contribution in [0.1, 0.15) is 38.2 Å². The number of hydrogen-bond acceptors (Lipinski definition) is 2. The second kappa shape index (κ2) is 4.54. The molecule has 2 aliphatic heterocycles. The van der Waals surface area contributed by atoms with Crippen molar-refractivity contribution in [2.24, 2.45) is 0 Å². The Bertz CT molecular complexity index is 432. The molecule has 2 fully saturated rings. The molecule has 1 atom stereocenters. The molecule has 0 aromatic heterocycles. The Morgan fingerprint density at radius 3 is 2.67 bits per heavy atom. The van der Waals surface area contributed by atoms with E-state index in [1.165, 1.54) is 24.8 Å². The Morgan fingerprint density at radius 1 is 1.22 bits per heavy atom. The van der Waals surface area contributed by atoms with Crippen LogP contribution in [0.5, 0.6) is 0 Å². The number of benzene rings is 1. The van der Waals surface area contributed by atoms with Gasteiger partial charge in [-0.1, -0.05) is 6.07 Å². The van der Waals surface area contributed by atoms with Crippen molar-refractivity contribution in [1.29, 1.82) is 0 Å². The van der Waals surface area contributed by atoms with E-state index in [4.69, 9.17) is 0 Å². The fourth-order valence-corrected chi connectivity index (χ4v) is 3.32. The summed E-state index contributed by atoms with van der Waals surface area (Å²) in [6.45, 7) is 5.43. The molecular weight excluding hydrogens is 227 g/mol. The fraction of sp³-hybridized carbons (Fsp3) is 0.600. The normalized spacial score (nSPS) is 28.0. The van der Waals surface area contributed by atoms with E-state index in [0.717, 1.165) is 31.7 Å². The predicted octanol–water partition coefficient (Wildman–Crippen LogP) is 3.02. The number of nitrogens with one attached hydrogen (secondary N) is 1. The molecule has 3 heteroatoms. The number of halogens is 1. The molecule has 1 unspecified atom stereocenters. The van der Waals surface area contributed by atoms with Gasteiger partial charge in [-0.15, -0.1) is 0 Å². The van der Waals surface area contributed by atoms with E-state index in [1.54, 1.807) is 12.1 Å². The van der Waals surface area contributed by atoms with Crippen molar-refractivity contribution < 1.29 is 4.39 Å². The van der Waals surface area contributed by atoms with Crippen LogP contribution in [0.15, 0.2) is 18.2 Å². The van der Waals surface area contributed by atoms with Crippen molar-refractivity contribution in [2.75, 3.05) is 24.5 Å². The molecule has 1 aromatic carbocycles. The Balaban J connectivity index is 2.02. The van der Waals surface area contributed by atoms with Gasteiger partial charge in [-0.2, -0.15) is 0 Å². The van der Waals surface area contributed by atoms with Crippen molar-refractivity contribution in [3.05, 3.63) is 29.6 Å². The van der Waals surface area contributed by atoms with Crippen LogP contribution >= 0.6 is 0 Å². The molecule has 3 rings (SSSR count). The van der Waals surface area contributed by atoms with Crippen molar-refractivity contribution in [3.8, 4) is 0 Å². The van der Waals surface area contributed by atoms with Crippen LogP contribution in [0, 0.1) is 5.82 Å². The molecular formula is C15H21FN2. The Hall–Kier alpha value is -1.09. The van der Waals surface area contributed by atoms with Gasteiger partial charge in [0.1, 0.15) is 5.82 Å². The summed E-state index contributed by atoms with van der Waals surface area (Å²) in [7, 11) is 0. The van der Waals surface area contributed by atoms with Crippen molar-refractivity contribution >= 4 is 5.69 Å². The van der Waals surface area contributed by atoms with Crippen LogP contribution in [-0.4, -0.2) is 19.6 Å². The van der Waals surface area contributed by atoms with Gasteiger partial charge in [0.2, 0.25) is 0 Å². The highest BCUT2D eigenvalue weighted by Gasteiger charge is 2.33. The van der Waals surface area contributed by atoms with Gasteiger partial charge in [-0.25, -0.2) is 4.39 Å². The molecule has 2 heterocycles. The Labute approximate surface area is 108 Å². The zero-order valence-electron chi connectivity index (χ0n) is 11.0. The molecule has 2 nitrogen and oxygen atoms in total. The highest BCUT2D eigenvalue weighted by atomic mass is 19.1. The summed E-state index contributed by atoms with van der Waals surface area (Å²) in [6, 6.07) is 5.29.